The number of halogens is 1. The van der Waals surface area contributed by atoms with Crippen LogP contribution in [0.5, 0.6) is 0 Å². The molecule has 5 atom stereocenters. The Hall–Kier alpha value is -4.16. The molecule has 47 heavy (non-hydrogen) atoms. The zero-order valence-corrected chi connectivity index (χ0v) is 26.5. The van der Waals surface area contributed by atoms with Gasteiger partial charge in [-0.2, -0.15) is 0 Å². The summed E-state index contributed by atoms with van der Waals surface area (Å²) in [6, 6.07) is 2.63. The molecule has 4 amide bonds. The van der Waals surface area contributed by atoms with Crippen molar-refractivity contribution in [2.45, 2.75) is 113 Å². The van der Waals surface area contributed by atoms with Gasteiger partial charge in [-0.3, -0.25) is 9.59 Å². The normalized spacial score (nSPS) is 30.5. The molecule has 3 fully saturated rings. The molecule has 5 aliphatic rings. The molecule has 0 bridgehead atoms. The van der Waals surface area contributed by atoms with E-state index in [1.54, 1.807) is 12.1 Å². The summed E-state index contributed by atoms with van der Waals surface area (Å²) in [6.45, 7) is 0.300. The second-order valence-electron chi connectivity index (χ2n) is 13.4. The number of nitrogens with one attached hydrogen (secondary N) is 2. The quantitative estimate of drug-likeness (QED) is 0.415. The first-order valence-electron chi connectivity index (χ1n) is 16.9. The summed E-state index contributed by atoms with van der Waals surface area (Å²) in [5.74, 6) is -3.01. The van der Waals surface area contributed by atoms with Gasteiger partial charge in [-0.05, 0) is 75.0 Å². The van der Waals surface area contributed by atoms with Gasteiger partial charge in [0.1, 0.15) is 35.6 Å². The lowest BCUT2D eigenvalue weighted by atomic mass is 9.99. The van der Waals surface area contributed by atoms with Crippen LogP contribution in [0.2, 0.25) is 0 Å². The fourth-order valence-corrected chi connectivity index (χ4v) is 7.42. The van der Waals surface area contributed by atoms with Crippen molar-refractivity contribution < 1.29 is 42.9 Å². The number of carbonyl (C=O) groups is 5. The van der Waals surface area contributed by atoms with Gasteiger partial charge < -0.3 is 35.0 Å². The Labute approximate surface area is 273 Å². The number of allylic oxidation sites excluding steroid dienone is 1. The number of fused-ring (bicyclic) bond motifs is 3. The molecule has 6 rings (SSSR count). The lowest BCUT2D eigenvalue weighted by molar-refractivity contribution is -0.145. The zero-order chi connectivity index (χ0) is 33.1. The number of nitrogens with zero attached hydrogens (tertiary/aromatic N) is 2. The van der Waals surface area contributed by atoms with E-state index in [1.807, 2.05) is 12.2 Å². The number of benzene rings is 1. The van der Waals surface area contributed by atoms with Crippen LogP contribution in [0.3, 0.4) is 0 Å². The van der Waals surface area contributed by atoms with Gasteiger partial charge in [0, 0.05) is 25.4 Å². The Morgan fingerprint density at radius 3 is 2.60 bits per heavy atom. The van der Waals surface area contributed by atoms with E-state index in [1.165, 1.54) is 15.9 Å². The number of carbonyl (C=O) groups excluding carboxylic acids is 4. The first-order valence-corrected chi connectivity index (χ1v) is 16.9. The maximum absolute atomic E-state index is 14.2. The van der Waals surface area contributed by atoms with E-state index in [0.717, 1.165) is 44.9 Å². The third-order valence-corrected chi connectivity index (χ3v) is 10.2. The van der Waals surface area contributed by atoms with Crippen molar-refractivity contribution in [3.8, 4) is 0 Å². The number of hydrogen-bond donors (Lipinski definition) is 3. The van der Waals surface area contributed by atoms with Gasteiger partial charge in [-0.1, -0.05) is 37.1 Å². The molecule has 1 saturated heterocycles. The highest BCUT2D eigenvalue weighted by molar-refractivity contribution is 5.96. The lowest BCUT2D eigenvalue weighted by Crippen LogP contribution is -2.56. The highest BCUT2D eigenvalue weighted by Crippen LogP contribution is 2.45. The summed E-state index contributed by atoms with van der Waals surface area (Å²) in [5, 5.41) is 15.5. The van der Waals surface area contributed by atoms with Crippen LogP contribution in [0, 0.1) is 11.7 Å². The van der Waals surface area contributed by atoms with Crippen molar-refractivity contribution in [3.63, 3.8) is 0 Å². The Balaban J connectivity index is 1.20. The van der Waals surface area contributed by atoms with E-state index in [2.05, 4.69) is 10.6 Å². The number of aliphatic carboxylic acids is 1. The SMILES string of the molecule is O=C(N[C@H]1CCCCC/C=C/[C@@H]2C[C@@]2(C(=O)O)NC(=O)[C@@H]2C[C@@H](OC(=O)N3CCc4c(F)cccc4C3)CN2C1=O)OC1CCCC1. The van der Waals surface area contributed by atoms with Crippen LogP contribution in [0.4, 0.5) is 14.0 Å². The van der Waals surface area contributed by atoms with Gasteiger partial charge in [-0.25, -0.2) is 18.8 Å². The summed E-state index contributed by atoms with van der Waals surface area (Å²) in [7, 11) is 0. The average molecular weight is 655 g/mol. The van der Waals surface area contributed by atoms with Gasteiger partial charge in [-0.15, -0.1) is 0 Å². The van der Waals surface area contributed by atoms with E-state index >= 15 is 0 Å². The second kappa shape index (κ2) is 13.9. The minimum absolute atomic E-state index is 0.0438. The van der Waals surface area contributed by atoms with E-state index in [9.17, 15) is 33.5 Å². The molecule has 2 saturated carbocycles. The Morgan fingerprint density at radius 1 is 1.02 bits per heavy atom. The molecule has 13 heteroatoms. The molecule has 1 aromatic rings. The minimum atomic E-state index is -1.48. The zero-order valence-electron chi connectivity index (χ0n) is 26.5. The molecule has 2 aliphatic carbocycles. The summed E-state index contributed by atoms with van der Waals surface area (Å²) in [5.41, 5.74) is -0.223. The fraction of sp³-hybridized carbons (Fsp3) is 0.618. The van der Waals surface area contributed by atoms with Crippen LogP contribution in [0.15, 0.2) is 30.4 Å². The molecular weight excluding hydrogens is 611 g/mol. The topological polar surface area (TPSA) is 155 Å². The lowest BCUT2D eigenvalue weighted by Gasteiger charge is -2.30. The van der Waals surface area contributed by atoms with Gasteiger partial charge in [0.05, 0.1) is 6.54 Å². The molecule has 0 spiro atoms. The number of carboxylic acids is 1. The van der Waals surface area contributed by atoms with Crippen LogP contribution in [0.1, 0.15) is 81.8 Å². The molecule has 3 aliphatic heterocycles. The van der Waals surface area contributed by atoms with Crippen LogP contribution in [0.25, 0.3) is 0 Å². The average Bonchev–Trinajstić information content (AvgIpc) is 3.33. The van der Waals surface area contributed by atoms with Crippen LogP contribution in [-0.4, -0.2) is 87.8 Å². The molecule has 3 heterocycles. The largest absolute Gasteiger partial charge is 0.479 e. The summed E-state index contributed by atoms with van der Waals surface area (Å²) in [4.78, 5) is 69.2. The number of rotatable bonds is 4. The predicted molar refractivity (Wildman–Crippen MR) is 165 cm³/mol. The highest BCUT2D eigenvalue weighted by atomic mass is 19.1. The molecule has 1 aromatic carbocycles. The predicted octanol–water partition coefficient (Wildman–Crippen LogP) is 3.81. The molecule has 254 valence electrons. The van der Waals surface area contributed by atoms with Crippen molar-refractivity contribution in [1.82, 2.24) is 20.4 Å². The Bertz CT molecular complexity index is 1430. The first-order chi connectivity index (χ1) is 22.6. The maximum Gasteiger partial charge on any atom is 0.410 e. The molecule has 3 N–H and O–H groups in total. The van der Waals surface area contributed by atoms with Crippen molar-refractivity contribution in [3.05, 3.63) is 47.3 Å². The Kier molecular flexibility index (Phi) is 9.70. The van der Waals surface area contributed by atoms with Gasteiger partial charge in [0.15, 0.2) is 0 Å². The van der Waals surface area contributed by atoms with Crippen molar-refractivity contribution >= 4 is 30.0 Å². The van der Waals surface area contributed by atoms with Crippen LogP contribution < -0.4 is 10.6 Å². The first kappa shape index (κ1) is 32.8. The third-order valence-electron chi connectivity index (χ3n) is 10.2. The number of ether oxygens (including phenoxy) is 2. The molecule has 0 radical (unpaired) electrons. The number of carboxylic acid groups (broad SMARTS) is 1. The van der Waals surface area contributed by atoms with Crippen molar-refractivity contribution in [1.29, 1.82) is 0 Å². The van der Waals surface area contributed by atoms with E-state index < -0.39 is 53.7 Å². The van der Waals surface area contributed by atoms with Gasteiger partial charge >= 0.3 is 18.2 Å². The summed E-state index contributed by atoms with van der Waals surface area (Å²) < 4.78 is 25.7. The van der Waals surface area contributed by atoms with E-state index in [0.29, 0.717) is 30.4 Å². The van der Waals surface area contributed by atoms with Crippen molar-refractivity contribution in [2.24, 2.45) is 5.92 Å². The molecule has 0 unspecified atom stereocenters. The molecule has 0 aromatic heterocycles. The molecular formula is C34H43FN4O8. The van der Waals surface area contributed by atoms with Crippen molar-refractivity contribution in [2.75, 3.05) is 13.1 Å². The third kappa shape index (κ3) is 7.23. The highest BCUT2D eigenvalue weighted by Gasteiger charge is 2.61. The number of amides is 4. The monoisotopic (exact) mass is 654 g/mol. The summed E-state index contributed by atoms with van der Waals surface area (Å²) >= 11 is 0. The smallest absolute Gasteiger partial charge is 0.410 e. The fourth-order valence-electron chi connectivity index (χ4n) is 7.42. The van der Waals surface area contributed by atoms with Crippen LogP contribution >= 0.6 is 0 Å². The van der Waals surface area contributed by atoms with E-state index in [4.69, 9.17) is 9.47 Å². The van der Waals surface area contributed by atoms with Gasteiger partial charge in [0.25, 0.3) is 0 Å². The standard InChI is InChI=1S/C34H43FN4O8/c35-26-13-8-9-21-19-38(16-15-25(21)26)33(45)47-24-17-28-29(40)37-34(31(42)43)18-22(34)10-4-2-1-3-5-14-27(30(41)39(28)20-24)36-32(44)46-23-11-6-7-12-23/h4,8-10,13,22-24,27-28H,1-3,5-7,11-12,14-20H2,(H,36,44)(H,37,40)(H,42,43)/b10-4+/t22-,24-,27+,28+,34-/m1/s1. The van der Waals surface area contributed by atoms with Crippen LogP contribution in [-0.2, 0) is 36.8 Å². The summed E-state index contributed by atoms with van der Waals surface area (Å²) in [6.07, 6.45) is 8.66. The minimum Gasteiger partial charge on any atom is -0.479 e. The Morgan fingerprint density at radius 2 is 1.81 bits per heavy atom. The molecule has 12 nitrogen and oxygen atoms in total. The second-order valence-corrected chi connectivity index (χ2v) is 13.4. The maximum atomic E-state index is 14.2. The number of alkyl carbamates (subject to hydrolysis) is 1. The van der Waals surface area contributed by atoms with Gasteiger partial charge in [0.2, 0.25) is 11.8 Å². The van der Waals surface area contributed by atoms with E-state index in [-0.39, 0.29) is 50.3 Å². The number of hydrogen-bond acceptors (Lipinski definition) is 7.